The molecule has 3 rings (SSSR count). The molecule has 0 unspecified atom stereocenters. The van der Waals surface area contributed by atoms with Gasteiger partial charge in [0, 0.05) is 29.2 Å². The summed E-state index contributed by atoms with van der Waals surface area (Å²) in [5.74, 6) is -0.593. The first-order valence-electron chi connectivity index (χ1n) is 9.66. The van der Waals surface area contributed by atoms with E-state index in [0.717, 1.165) is 15.5 Å². The minimum absolute atomic E-state index is 0.132. The highest BCUT2D eigenvalue weighted by atomic mass is 32.2. The average molecular weight is 464 g/mol. The zero-order valence-corrected chi connectivity index (χ0v) is 19.0. The fourth-order valence-electron chi connectivity index (χ4n) is 3.15. The predicted molar refractivity (Wildman–Crippen MR) is 122 cm³/mol. The summed E-state index contributed by atoms with van der Waals surface area (Å²) in [6.45, 7) is 1.67. The molecule has 1 aliphatic rings. The minimum atomic E-state index is -3.72. The maximum atomic E-state index is 12.6. The third kappa shape index (κ3) is 6.22. The number of morpholine rings is 1. The van der Waals surface area contributed by atoms with Gasteiger partial charge in [-0.3, -0.25) is 13.9 Å². The molecule has 0 aromatic heterocycles. The topological polar surface area (TPSA) is 96.0 Å². The molecule has 0 atom stereocenters. The molecule has 0 bridgehead atoms. The first-order chi connectivity index (χ1) is 14.8. The Morgan fingerprint density at radius 3 is 2.42 bits per heavy atom. The molecule has 2 aromatic rings. The Bertz CT molecular complexity index is 1040. The molecule has 1 saturated heterocycles. The quantitative estimate of drug-likeness (QED) is 0.633. The summed E-state index contributed by atoms with van der Waals surface area (Å²) in [4.78, 5) is 27.8. The van der Waals surface area contributed by atoms with Gasteiger partial charge in [-0.15, -0.1) is 11.8 Å². The molecule has 1 N–H and O–H groups in total. The van der Waals surface area contributed by atoms with Gasteiger partial charge in [-0.05, 0) is 48.7 Å². The van der Waals surface area contributed by atoms with Crippen molar-refractivity contribution < 1.29 is 22.7 Å². The average Bonchev–Trinajstić information content (AvgIpc) is 2.77. The second-order valence-corrected chi connectivity index (χ2v) is 9.79. The van der Waals surface area contributed by atoms with E-state index in [9.17, 15) is 18.0 Å². The van der Waals surface area contributed by atoms with Gasteiger partial charge in [0.05, 0.1) is 25.2 Å². The molecule has 0 saturated carbocycles. The standard InChI is InChI=1S/C21H25N3O5S2/c1-30-19-5-3-4-17(14-19)22-20(25)15-24(31(2,27)28)18-8-6-16(7-9-18)21(26)23-10-12-29-13-11-23/h3-9,14H,10-13,15H2,1-2H3,(H,22,25). The van der Waals surface area contributed by atoms with Gasteiger partial charge in [0.25, 0.3) is 5.91 Å². The van der Waals surface area contributed by atoms with Crippen LogP contribution in [0.3, 0.4) is 0 Å². The summed E-state index contributed by atoms with van der Waals surface area (Å²) in [7, 11) is -3.72. The van der Waals surface area contributed by atoms with Crippen LogP contribution in [0.5, 0.6) is 0 Å². The number of hydrogen-bond donors (Lipinski definition) is 1. The van der Waals surface area contributed by atoms with Crippen LogP contribution in [-0.2, 0) is 19.6 Å². The molecule has 31 heavy (non-hydrogen) atoms. The Hall–Kier alpha value is -2.56. The fourth-order valence-corrected chi connectivity index (χ4v) is 4.47. The summed E-state index contributed by atoms with van der Waals surface area (Å²) >= 11 is 1.54. The van der Waals surface area contributed by atoms with Crippen LogP contribution in [0.2, 0.25) is 0 Å². The van der Waals surface area contributed by atoms with Crippen LogP contribution in [0.4, 0.5) is 11.4 Å². The number of anilines is 2. The molecule has 0 aliphatic carbocycles. The number of rotatable bonds is 7. The molecule has 0 spiro atoms. The third-order valence-corrected chi connectivity index (χ3v) is 6.61. The highest BCUT2D eigenvalue weighted by molar-refractivity contribution is 7.98. The number of sulfonamides is 1. The number of nitrogens with one attached hydrogen (secondary N) is 1. The molecule has 1 heterocycles. The van der Waals surface area contributed by atoms with Crippen molar-refractivity contribution >= 4 is 45.0 Å². The van der Waals surface area contributed by atoms with Gasteiger partial charge in [0.2, 0.25) is 15.9 Å². The van der Waals surface area contributed by atoms with Crippen LogP contribution in [0.15, 0.2) is 53.4 Å². The maximum absolute atomic E-state index is 12.6. The number of ether oxygens (including phenoxy) is 1. The van der Waals surface area contributed by atoms with E-state index in [1.807, 2.05) is 24.5 Å². The molecule has 2 amide bonds. The lowest BCUT2D eigenvalue weighted by molar-refractivity contribution is -0.114. The lowest BCUT2D eigenvalue weighted by Gasteiger charge is -2.27. The van der Waals surface area contributed by atoms with Crippen molar-refractivity contribution in [3.63, 3.8) is 0 Å². The summed E-state index contributed by atoms with van der Waals surface area (Å²) in [6.07, 6.45) is 2.97. The fraction of sp³-hybridized carbons (Fsp3) is 0.333. The Morgan fingerprint density at radius 1 is 1.13 bits per heavy atom. The monoisotopic (exact) mass is 463 g/mol. The van der Waals surface area contributed by atoms with E-state index in [1.54, 1.807) is 34.9 Å². The molecule has 1 fully saturated rings. The molecule has 166 valence electrons. The summed E-state index contributed by atoms with van der Waals surface area (Å²) < 4.78 is 31.0. The van der Waals surface area contributed by atoms with E-state index in [0.29, 0.717) is 43.2 Å². The SMILES string of the molecule is CSc1cccc(NC(=O)CN(c2ccc(C(=O)N3CCOCC3)cc2)S(C)(=O)=O)c1. The van der Waals surface area contributed by atoms with Crippen molar-refractivity contribution in [3.05, 3.63) is 54.1 Å². The number of benzene rings is 2. The van der Waals surface area contributed by atoms with Crippen LogP contribution in [-0.4, -0.2) is 70.5 Å². The van der Waals surface area contributed by atoms with E-state index in [4.69, 9.17) is 4.74 Å². The van der Waals surface area contributed by atoms with E-state index in [-0.39, 0.29) is 12.5 Å². The normalized spacial score (nSPS) is 14.2. The van der Waals surface area contributed by atoms with Gasteiger partial charge in [0.15, 0.2) is 0 Å². The molecule has 2 aromatic carbocycles. The van der Waals surface area contributed by atoms with Crippen LogP contribution in [0.25, 0.3) is 0 Å². The van der Waals surface area contributed by atoms with Crippen molar-refractivity contribution in [2.45, 2.75) is 4.90 Å². The zero-order chi connectivity index (χ0) is 22.4. The Morgan fingerprint density at radius 2 is 1.81 bits per heavy atom. The summed E-state index contributed by atoms with van der Waals surface area (Å²) in [6, 6.07) is 13.5. The van der Waals surface area contributed by atoms with Gasteiger partial charge >= 0.3 is 0 Å². The number of thioether (sulfide) groups is 1. The van der Waals surface area contributed by atoms with Crippen molar-refractivity contribution in [1.82, 2.24) is 4.90 Å². The van der Waals surface area contributed by atoms with Crippen LogP contribution < -0.4 is 9.62 Å². The highest BCUT2D eigenvalue weighted by Crippen LogP contribution is 2.21. The van der Waals surface area contributed by atoms with Crippen molar-refractivity contribution in [2.75, 3.05) is 55.0 Å². The van der Waals surface area contributed by atoms with Crippen LogP contribution >= 0.6 is 11.8 Å². The maximum Gasteiger partial charge on any atom is 0.254 e. The second-order valence-electron chi connectivity index (χ2n) is 7.00. The van der Waals surface area contributed by atoms with E-state index < -0.39 is 15.9 Å². The van der Waals surface area contributed by atoms with Gasteiger partial charge < -0.3 is 15.0 Å². The Kier molecular flexibility index (Phi) is 7.58. The molecular formula is C21H25N3O5S2. The Labute approximate surface area is 186 Å². The molecule has 10 heteroatoms. The van der Waals surface area contributed by atoms with Gasteiger partial charge in [0.1, 0.15) is 6.54 Å². The summed E-state index contributed by atoms with van der Waals surface area (Å²) in [5, 5.41) is 2.73. The van der Waals surface area contributed by atoms with E-state index in [1.165, 1.54) is 12.1 Å². The molecular weight excluding hydrogens is 438 g/mol. The minimum Gasteiger partial charge on any atom is -0.378 e. The zero-order valence-electron chi connectivity index (χ0n) is 17.4. The number of carbonyl (C=O) groups excluding carboxylic acids is 2. The highest BCUT2D eigenvalue weighted by Gasteiger charge is 2.23. The largest absolute Gasteiger partial charge is 0.378 e. The lowest BCUT2D eigenvalue weighted by atomic mass is 10.1. The van der Waals surface area contributed by atoms with Crippen LogP contribution in [0, 0.1) is 0 Å². The Balaban J connectivity index is 1.73. The van der Waals surface area contributed by atoms with Gasteiger partial charge in [-0.25, -0.2) is 8.42 Å². The number of hydrogen-bond acceptors (Lipinski definition) is 6. The molecule has 0 radical (unpaired) electrons. The predicted octanol–water partition coefficient (Wildman–Crippen LogP) is 2.29. The number of carbonyl (C=O) groups is 2. The van der Waals surface area contributed by atoms with E-state index in [2.05, 4.69) is 5.32 Å². The van der Waals surface area contributed by atoms with Gasteiger partial charge in [-0.2, -0.15) is 0 Å². The molecule has 1 aliphatic heterocycles. The van der Waals surface area contributed by atoms with Crippen molar-refractivity contribution in [3.8, 4) is 0 Å². The number of amides is 2. The lowest BCUT2D eigenvalue weighted by Crippen LogP contribution is -2.40. The summed E-state index contributed by atoms with van der Waals surface area (Å²) in [5.41, 5.74) is 1.36. The van der Waals surface area contributed by atoms with Crippen molar-refractivity contribution in [2.24, 2.45) is 0 Å². The van der Waals surface area contributed by atoms with Crippen molar-refractivity contribution in [1.29, 1.82) is 0 Å². The first kappa shape index (κ1) is 23.1. The smallest absolute Gasteiger partial charge is 0.254 e. The first-order valence-corrected chi connectivity index (χ1v) is 12.7. The third-order valence-electron chi connectivity index (χ3n) is 4.74. The van der Waals surface area contributed by atoms with Crippen LogP contribution in [0.1, 0.15) is 10.4 Å². The van der Waals surface area contributed by atoms with E-state index >= 15 is 0 Å². The van der Waals surface area contributed by atoms with Gasteiger partial charge in [-0.1, -0.05) is 6.07 Å². The number of nitrogens with zero attached hydrogens (tertiary/aromatic N) is 2. The molecule has 8 nitrogen and oxygen atoms in total. The second kappa shape index (κ2) is 10.2.